The lowest BCUT2D eigenvalue weighted by atomic mass is 9.90. The van der Waals surface area contributed by atoms with Crippen LogP contribution in [0, 0.1) is 0 Å². The number of anilines is 2. The first-order valence-electron chi connectivity index (χ1n) is 13.9. The number of halogens is 1. The molecular formula is C29H32ClN5O8. The second-order valence-electron chi connectivity index (χ2n) is 10.8. The third kappa shape index (κ3) is 6.67. The summed E-state index contributed by atoms with van der Waals surface area (Å²) in [7, 11) is 1.37. The second kappa shape index (κ2) is 12.5. The van der Waals surface area contributed by atoms with Crippen LogP contribution in [-0.2, 0) is 24.7 Å². The minimum absolute atomic E-state index is 0.0107. The predicted octanol–water partition coefficient (Wildman–Crippen LogP) is 2.93. The van der Waals surface area contributed by atoms with Gasteiger partial charge in [-0.05, 0) is 55.3 Å². The molecule has 2 fully saturated rings. The lowest BCUT2D eigenvalue weighted by Crippen LogP contribution is -2.52. The van der Waals surface area contributed by atoms with E-state index < -0.39 is 41.6 Å². The zero-order valence-corrected chi connectivity index (χ0v) is 24.2. The highest BCUT2D eigenvalue weighted by molar-refractivity contribution is 6.30. The van der Waals surface area contributed by atoms with E-state index in [4.69, 9.17) is 21.1 Å². The summed E-state index contributed by atoms with van der Waals surface area (Å²) >= 11 is 6.24. The number of ether oxygens (including phenoxy) is 2. The Hall–Kier alpha value is -4.36. The van der Waals surface area contributed by atoms with E-state index in [1.165, 1.54) is 36.2 Å². The van der Waals surface area contributed by atoms with Gasteiger partial charge in [0.25, 0.3) is 5.91 Å². The van der Waals surface area contributed by atoms with Gasteiger partial charge < -0.3 is 30.1 Å². The highest BCUT2D eigenvalue weighted by atomic mass is 35.5. The monoisotopic (exact) mass is 613 g/mol. The molecule has 2 atom stereocenters. The number of amides is 5. The summed E-state index contributed by atoms with van der Waals surface area (Å²) in [5, 5.41) is 17.9. The molecule has 0 bridgehead atoms. The summed E-state index contributed by atoms with van der Waals surface area (Å²) in [6.07, 6.45) is -0.539. The van der Waals surface area contributed by atoms with E-state index in [1.807, 2.05) is 0 Å². The molecule has 2 saturated heterocycles. The molecule has 1 spiro atoms. The van der Waals surface area contributed by atoms with E-state index in [0.717, 1.165) is 4.90 Å². The molecule has 5 rings (SSSR count). The fraction of sp³-hybridized carbons (Fsp3) is 0.414. The minimum atomic E-state index is -1.22. The van der Waals surface area contributed by atoms with Gasteiger partial charge in [0.1, 0.15) is 6.04 Å². The molecule has 0 aromatic heterocycles. The third-order valence-electron chi connectivity index (χ3n) is 7.92. The van der Waals surface area contributed by atoms with Gasteiger partial charge >= 0.3 is 12.2 Å². The average molecular weight is 614 g/mol. The average Bonchev–Trinajstić information content (AvgIpc) is 3.41. The fourth-order valence-corrected chi connectivity index (χ4v) is 5.74. The molecule has 0 saturated carbocycles. The lowest BCUT2D eigenvalue weighted by Gasteiger charge is -2.35. The lowest BCUT2D eigenvalue weighted by molar-refractivity contribution is -0.136. The maximum absolute atomic E-state index is 13.9. The number of rotatable bonds is 7. The number of benzene rings is 2. The maximum Gasteiger partial charge on any atom is 0.412 e. The van der Waals surface area contributed by atoms with Gasteiger partial charge in [-0.1, -0.05) is 11.6 Å². The number of hydrogen-bond acceptors (Lipinski definition) is 7. The maximum atomic E-state index is 13.9. The van der Waals surface area contributed by atoms with Crippen LogP contribution >= 0.6 is 11.6 Å². The van der Waals surface area contributed by atoms with Crippen LogP contribution in [0.3, 0.4) is 0 Å². The van der Waals surface area contributed by atoms with Crippen LogP contribution in [0.1, 0.15) is 41.6 Å². The smallest absolute Gasteiger partial charge is 0.412 e. The quantitative estimate of drug-likeness (QED) is 0.370. The molecule has 3 heterocycles. The molecule has 0 unspecified atom stereocenters. The van der Waals surface area contributed by atoms with Crippen molar-refractivity contribution >= 4 is 52.9 Å². The molecule has 2 aromatic carbocycles. The molecule has 0 radical (unpaired) electrons. The SMILES string of the molecule is CN(C(=O)O)c1ccc(C(=O)N[C@@H](CC(=O)NC2CCOCC2)C(=O)N2CC[C@@]3(C2)OC(=O)Nc2ccc(Cl)cc23)cc1. The van der Waals surface area contributed by atoms with Gasteiger partial charge in [-0.15, -0.1) is 0 Å². The van der Waals surface area contributed by atoms with Crippen molar-refractivity contribution < 1.29 is 38.6 Å². The summed E-state index contributed by atoms with van der Waals surface area (Å²) in [5.74, 6) is -1.52. The fourth-order valence-electron chi connectivity index (χ4n) is 5.57. The van der Waals surface area contributed by atoms with E-state index in [-0.39, 0.29) is 31.1 Å². The van der Waals surface area contributed by atoms with Crippen molar-refractivity contribution in [2.75, 3.05) is 43.6 Å². The minimum Gasteiger partial charge on any atom is -0.465 e. The first kappa shape index (κ1) is 30.1. The van der Waals surface area contributed by atoms with Crippen LogP contribution < -0.4 is 20.9 Å². The van der Waals surface area contributed by atoms with Crippen molar-refractivity contribution in [1.29, 1.82) is 0 Å². The van der Waals surface area contributed by atoms with E-state index in [1.54, 1.807) is 18.2 Å². The number of hydrogen-bond donors (Lipinski definition) is 4. The highest BCUT2D eigenvalue weighted by Crippen LogP contribution is 2.43. The van der Waals surface area contributed by atoms with Crippen LogP contribution in [0.15, 0.2) is 42.5 Å². The van der Waals surface area contributed by atoms with Crippen molar-refractivity contribution in [2.45, 2.75) is 43.4 Å². The first-order chi connectivity index (χ1) is 20.5. The molecule has 3 aliphatic heterocycles. The summed E-state index contributed by atoms with van der Waals surface area (Å²) < 4.78 is 11.1. The summed E-state index contributed by atoms with van der Waals surface area (Å²) in [5.41, 5.74) is 0.570. The number of nitrogens with zero attached hydrogens (tertiary/aromatic N) is 2. The number of carbonyl (C=O) groups excluding carboxylic acids is 4. The van der Waals surface area contributed by atoms with E-state index in [2.05, 4.69) is 16.0 Å². The number of nitrogens with one attached hydrogen (secondary N) is 3. The largest absolute Gasteiger partial charge is 0.465 e. The second-order valence-corrected chi connectivity index (χ2v) is 11.2. The van der Waals surface area contributed by atoms with Crippen LogP contribution in [0.25, 0.3) is 0 Å². The Morgan fingerprint density at radius 3 is 2.58 bits per heavy atom. The molecule has 228 valence electrons. The third-order valence-corrected chi connectivity index (χ3v) is 8.16. The van der Waals surface area contributed by atoms with Gasteiger partial charge in [0.15, 0.2) is 5.60 Å². The predicted molar refractivity (Wildman–Crippen MR) is 155 cm³/mol. The normalized spacial score (nSPS) is 20.4. The molecule has 14 heteroatoms. The van der Waals surface area contributed by atoms with E-state index >= 15 is 0 Å². The summed E-state index contributed by atoms with van der Waals surface area (Å²) in [6, 6.07) is 9.50. The van der Waals surface area contributed by atoms with E-state index in [0.29, 0.717) is 54.4 Å². The van der Waals surface area contributed by atoms with Crippen molar-refractivity contribution in [3.05, 3.63) is 58.6 Å². The van der Waals surface area contributed by atoms with Gasteiger partial charge in [0.05, 0.1) is 18.7 Å². The van der Waals surface area contributed by atoms with Crippen LogP contribution in [-0.4, -0.2) is 85.3 Å². The molecule has 0 aliphatic carbocycles. The molecule has 2 aromatic rings. The van der Waals surface area contributed by atoms with Gasteiger partial charge in [0.2, 0.25) is 11.8 Å². The van der Waals surface area contributed by atoms with E-state index in [9.17, 15) is 29.1 Å². The Balaban J connectivity index is 1.35. The Kier molecular flexibility index (Phi) is 8.74. The molecule has 5 amide bonds. The number of carbonyl (C=O) groups is 5. The highest BCUT2D eigenvalue weighted by Gasteiger charge is 2.49. The molecular weight excluding hydrogens is 582 g/mol. The van der Waals surface area contributed by atoms with Crippen molar-refractivity contribution in [1.82, 2.24) is 15.5 Å². The van der Waals surface area contributed by atoms with Gasteiger partial charge in [-0.3, -0.25) is 24.6 Å². The number of carboxylic acid groups (broad SMARTS) is 1. The Labute approximate surface area is 252 Å². The van der Waals surface area contributed by atoms with Crippen molar-refractivity contribution in [2.24, 2.45) is 0 Å². The van der Waals surface area contributed by atoms with Crippen molar-refractivity contribution in [3.8, 4) is 0 Å². The molecule has 4 N–H and O–H groups in total. The molecule has 43 heavy (non-hydrogen) atoms. The Morgan fingerprint density at radius 2 is 1.88 bits per heavy atom. The Morgan fingerprint density at radius 1 is 1.16 bits per heavy atom. The van der Waals surface area contributed by atoms with Crippen LogP contribution in [0.2, 0.25) is 5.02 Å². The van der Waals surface area contributed by atoms with Crippen LogP contribution in [0.4, 0.5) is 21.0 Å². The first-order valence-corrected chi connectivity index (χ1v) is 14.3. The van der Waals surface area contributed by atoms with Gasteiger partial charge in [-0.2, -0.15) is 0 Å². The molecule has 3 aliphatic rings. The number of likely N-dealkylation sites (tertiary alicyclic amines) is 1. The molecule has 13 nitrogen and oxygen atoms in total. The summed E-state index contributed by atoms with van der Waals surface area (Å²) in [4.78, 5) is 66.3. The zero-order chi connectivity index (χ0) is 30.7. The van der Waals surface area contributed by atoms with Gasteiger partial charge in [0, 0.05) is 61.1 Å². The summed E-state index contributed by atoms with van der Waals surface area (Å²) in [6.45, 7) is 1.26. The van der Waals surface area contributed by atoms with Crippen molar-refractivity contribution in [3.63, 3.8) is 0 Å². The van der Waals surface area contributed by atoms with Crippen LogP contribution in [0.5, 0.6) is 0 Å². The zero-order valence-electron chi connectivity index (χ0n) is 23.4. The number of fused-ring (bicyclic) bond motifs is 2. The van der Waals surface area contributed by atoms with Gasteiger partial charge in [-0.25, -0.2) is 9.59 Å². The topological polar surface area (TPSA) is 167 Å². The Bertz CT molecular complexity index is 1430. The standard InChI is InChI=1S/C29H32ClN5O8/c1-34(28(40)41)20-5-2-17(3-6-20)25(37)32-23(15-24(36)31-19-8-12-42-13-9-19)26(38)35-11-10-29(16-35)21-14-18(30)4-7-22(21)33-27(39)43-29/h2-7,14,19,23H,8-13,15-16H2,1H3,(H,31,36)(H,32,37)(H,33,39)(H,40,41)/t23-,29-/m0/s1.